The van der Waals surface area contributed by atoms with E-state index in [1.807, 2.05) is 0 Å². The number of phosphoric ester groups is 1. The largest absolute Gasteiger partial charge is 0.780 e. The van der Waals surface area contributed by atoms with E-state index in [1.54, 1.807) is 0 Å². The number of nitrogens with zero attached hydrogens (tertiary/aromatic N) is 1. The lowest BCUT2D eigenvalue weighted by molar-refractivity contribution is -0.333. The summed E-state index contributed by atoms with van der Waals surface area (Å²) in [6.45, 7) is 3.60. The third-order valence-electron chi connectivity index (χ3n) is 3.11. The van der Waals surface area contributed by atoms with Gasteiger partial charge in [-0.2, -0.15) is 0 Å². The molecule has 0 spiro atoms. The number of hydrogen-bond donors (Lipinski definition) is 1. The average molecular weight is 349 g/mol. The number of fused-ring (bicyclic) bond motifs is 1. The van der Waals surface area contributed by atoms with E-state index in [0.717, 1.165) is 12.1 Å². The Labute approximate surface area is 134 Å². The summed E-state index contributed by atoms with van der Waals surface area (Å²) in [6, 6.07) is 5.99. The number of aromatic hydroxyl groups is 1. The van der Waals surface area contributed by atoms with Gasteiger partial charge in [0.25, 0.3) is 0 Å². The van der Waals surface area contributed by atoms with Gasteiger partial charge < -0.3 is 28.4 Å². The number of phenolic OH excluding ortho intramolecular Hbond substituents is 1. The molecule has 9 heteroatoms. The van der Waals surface area contributed by atoms with Crippen LogP contribution in [-0.4, -0.2) is 10.1 Å². The van der Waals surface area contributed by atoms with Crippen LogP contribution in [0.25, 0.3) is 28.6 Å². The Morgan fingerprint density at radius 3 is 2.71 bits per heavy atom. The van der Waals surface area contributed by atoms with Crippen LogP contribution in [0.1, 0.15) is 5.56 Å². The molecule has 24 heavy (non-hydrogen) atoms. The van der Waals surface area contributed by atoms with Gasteiger partial charge in [-0.3, -0.25) is 0 Å². The van der Waals surface area contributed by atoms with Crippen LogP contribution < -0.4 is 14.3 Å². The zero-order valence-electron chi connectivity index (χ0n) is 11.9. The zero-order chi connectivity index (χ0) is 17.5. The summed E-state index contributed by atoms with van der Waals surface area (Å²) in [4.78, 5) is 25.2. The van der Waals surface area contributed by atoms with Crippen LogP contribution in [0.15, 0.2) is 41.3 Å². The second kappa shape index (κ2) is 5.76. The van der Waals surface area contributed by atoms with Crippen molar-refractivity contribution >= 4 is 25.0 Å². The van der Waals surface area contributed by atoms with Gasteiger partial charge in [-0.15, -0.1) is 0 Å². The van der Waals surface area contributed by atoms with Crippen molar-refractivity contribution in [3.05, 3.63) is 48.3 Å². The van der Waals surface area contributed by atoms with Crippen molar-refractivity contribution in [1.29, 1.82) is 0 Å². The molecule has 0 aliphatic carbocycles. The number of phosphoric acid groups is 1. The summed E-state index contributed by atoms with van der Waals surface area (Å²) in [5.41, 5.74) is 1.38. The predicted octanol–water partition coefficient (Wildman–Crippen LogP) is 2.19. The monoisotopic (exact) mass is 349 g/mol. The maximum Gasteiger partial charge on any atom is 0.227 e. The van der Waals surface area contributed by atoms with Crippen LogP contribution in [0.4, 0.5) is 4.39 Å². The fourth-order valence-electron chi connectivity index (χ4n) is 2.15. The van der Waals surface area contributed by atoms with Gasteiger partial charge in [0, 0.05) is 17.2 Å². The number of oxazole rings is 1. The van der Waals surface area contributed by atoms with E-state index in [9.17, 15) is 23.8 Å². The number of halogens is 1. The fourth-order valence-corrected chi connectivity index (χ4v) is 2.54. The molecule has 124 valence electrons. The maximum atomic E-state index is 13.9. The van der Waals surface area contributed by atoms with Gasteiger partial charge in [0.2, 0.25) is 5.89 Å². The van der Waals surface area contributed by atoms with Gasteiger partial charge in [0.05, 0.1) is 0 Å². The normalized spacial score (nSPS) is 11.6. The smallest absolute Gasteiger partial charge is 0.227 e. The average Bonchev–Trinajstić information content (AvgIpc) is 2.90. The molecule has 3 aromatic rings. The molecule has 0 aliphatic rings. The molecule has 1 aromatic heterocycles. The van der Waals surface area contributed by atoms with Crippen molar-refractivity contribution in [3.63, 3.8) is 0 Å². The fraction of sp³-hybridized carbons (Fsp3) is 0. The molecule has 0 saturated heterocycles. The minimum absolute atomic E-state index is 0.0335. The molecule has 0 saturated carbocycles. The first kappa shape index (κ1) is 16.2. The molecular weight excluding hydrogens is 340 g/mol. The molecule has 1 heterocycles. The molecule has 0 unspecified atom stereocenters. The summed E-state index contributed by atoms with van der Waals surface area (Å²) in [7, 11) is -5.36. The first-order chi connectivity index (χ1) is 11.3. The highest BCUT2D eigenvalue weighted by atomic mass is 31.2. The van der Waals surface area contributed by atoms with E-state index >= 15 is 0 Å². The summed E-state index contributed by atoms with van der Waals surface area (Å²) < 4.78 is 34.0. The van der Waals surface area contributed by atoms with Gasteiger partial charge >= 0.3 is 0 Å². The first-order valence-electron chi connectivity index (χ1n) is 6.54. The standard InChI is InChI=1S/C15H11FNO6P/c1-2-8-5-10(18)7-12-14(8)22-15(17-12)9-3-4-13(11(16)6-9)23-24(19,20)21/h2-7,18H,1H2,(H2,19,20,21)/p-2. The van der Waals surface area contributed by atoms with E-state index in [1.165, 1.54) is 24.3 Å². The SMILES string of the molecule is C=Cc1cc(O)cc2nc(-c3ccc(OP(=O)([O-])[O-])c(F)c3)oc12. The van der Waals surface area contributed by atoms with Crippen LogP contribution in [0.2, 0.25) is 0 Å². The Bertz CT molecular complexity index is 993. The third-order valence-corrected chi connectivity index (χ3v) is 3.53. The maximum absolute atomic E-state index is 13.9. The van der Waals surface area contributed by atoms with Crippen molar-refractivity contribution in [2.75, 3.05) is 0 Å². The van der Waals surface area contributed by atoms with E-state index in [-0.39, 0.29) is 17.2 Å². The number of hydrogen-bond acceptors (Lipinski definition) is 7. The van der Waals surface area contributed by atoms with Crippen LogP contribution >= 0.6 is 7.82 Å². The molecule has 0 atom stereocenters. The summed E-state index contributed by atoms with van der Waals surface area (Å²) in [5, 5.41) is 9.62. The Hall–Kier alpha value is -2.67. The molecule has 0 radical (unpaired) electrons. The van der Waals surface area contributed by atoms with Gasteiger partial charge in [-0.05, 0) is 24.3 Å². The highest BCUT2D eigenvalue weighted by molar-refractivity contribution is 7.43. The number of phenols is 1. The van der Waals surface area contributed by atoms with Gasteiger partial charge in [0.1, 0.15) is 19.1 Å². The lowest BCUT2D eigenvalue weighted by atomic mass is 10.2. The van der Waals surface area contributed by atoms with Crippen LogP contribution in [0.3, 0.4) is 0 Å². The van der Waals surface area contributed by atoms with Crippen LogP contribution in [-0.2, 0) is 4.57 Å². The quantitative estimate of drug-likeness (QED) is 0.717. The van der Waals surface area contributed by atoms with Crippen molar-refractivity contribution in [1.82, 2.24) is 4.98 Å². The Morgan fingerprint density at radius 2 is 2.08 bits per heavy atom. The van der Waals surface area contributed by atoms with Crippen LogP contribution in [0, 0.1) is 5.82 Å². The highest BCUT2D eigenvalue weighted by Gasteiger charge is 2.14. The molecule has 1 N–H and O–H groups in total. The molecule has 0 bridgehead atoms. The predicted molar refractivity (Wildman–Crippen MR) is 79.4 cm³/mol. The second-order valence-corrected chi connectivity index (χ2v) is 5.87. The van der Waals surface area contributed by atoms with Gasteiger partial charge in [-0.1, -0.05) is 12.7 Å². The number of rotatable bonds is 4. The summed E-state index contributed by atoms with van der Waals surface area (Å²) in [6.07, 6.45) is 1.47. The highest BCUT2D eigenvalue weighted by Crippen LogP contribution is 2.35. The van der Waals surface area contributed by atoms with E-state index in [2.05, 4.69) is 16.1 Å². The molecule has 7 nitrogen and oxygen atoms in total. The Kier molecular flexibility index (Phi) is 3.88. The molecule has 0 fully saturated rings. The van der Waals surface area contributed by atoms with Crippen molar-refractivity contribution in [2.45, 2.75) is 0 Å². The number of aromatic nitrogens is 1. The molecule has 0 amide bonds. The molecular formula is C15H9FNO6P-2. The second-order valence-electron chi connectivity index (χ2n) is 4.79. The molecule has 0 aliphatic heterocycles. The topological polar surface area (TPSA) is 119 Å². The molecule has 3 rings (SSSR count). The number of benzene rings is 2. The van der Waals surface area contributed by atoms with E-state index in [4.69, 9.17) is 4.42 Å². The van der Waals surface area contributed by atoms with Crippen LogP contribution in [0.5, 0.6) is 11.5 Å². The lowest BCUT2D eigenvalue weighted by Gasteiger charge is -2.29. The Balaban J connectivity index is 2.06. The van der Waals surface area contributed by atoms with E-state index < -0.39 is 19.4 Å². The van der Waals surface area contributed by atoms with Gasteiger partial charge in [0.15, 0.2) is 17.1 Å². The first-order valence-corrected chi connectivity index (χ1v) is 8.00. The minimum atomic E-state index is -5.36. The van der Waals surface area contributed by atoms with Gasteiger partial charge in [-0.25, -0.2) is 9.37 Å². The summed E-state index contributed by atoms with van der Waals surface area (Å²) >= 11 is 0. The lowest BCUT2D eigenvalue weighted by Crippen LogP contribution is -2.19. The third kappa shape index (κ3) is 3.16. The summed E-state index contributed by atoms with van der Waals surface area (Å²) in [5.74, 6) is -1.77. The van der Waals surface area contributed by atoms with Crippen molar-refractivity contribution in [2.24, 2.45) is 0 Å². The van der Waals surface area contributed by atoms with E-state index in [0.29, 0.717) is 16.7 Å². The van der Waals surface area contributed by atoms with Crippen molar-refractivity contribution in [3.8, 4) is 23.0 Å². The Morgan fingerprint density at radius 1 is 1.33 bits per heavy atom. The molecule has 2 aromatic carbocycles. The van der Waals surface area contributed by atoms with Crippen molar-refractivity contribution < 1.29 is 32.8 Å². The minimum Gasteiger partial charge on any atom is -0.780 e. The zero-order valence-corrected chi connectivity index (χ0v) is 12.8.